The largest absolute Gasteiger partial charge is 0.325 e. The molecule has 126 valence electrons. The average molecular weight is 365 g/mol. The van der Waals surface area contributed by atoms with Crippen LogP contribution in [-0.2, 0) is 14.8 Å². The highest BCUT2D eigenvalue weighted by Gasteiger charge is 2.29. The van der Waals surface area contributed by atoms with Crippen molar-refractivity contribution in [2.24, 2.45) is 0 Å². The highest BCUT2D eigenvalue weighted by molar-refractivity contribution is 7.89. The molecule has 0 bridgehead atoms. The highest BCUT2D eigenvalue weighted by atomic mass is 35.5. The van der Waals surface area contributed by atoms with E-state index in [9.17, 15) is 13.2 Å². The van der Waals surface area contributed by atoms with Gasteiger partial charge in [0, 0.05) is 16.8 Å². The molecule has 0 unspecified atom stereocenters. The number of nitrogens with one attached hydrogen (secondary N) is 2. The van der Waals surface area contributed by atoms with E-state index in [-0.39, 0.29) is 16.7 Å². The molecule has 2 aromatic carbocycles. The summed E-state index contributed by atoms with van der Waals surface area (Å²) >= 11 is 6.13. The zero-order chi connectivity index (χ0) is 17.5. The molecule has 1 heterocycles. The predicted molar refractivity (Wildman–Crippen MR) is 93.7 cm³/mol. The van der Waals surface area contributed by atoms with Crippen molar-refractivity contribution in [3.05, 3.63) is 58.6 Å². The molecule has 1 aliphatic heterocycles. The molecular formula is C17H17ClN2O3S. The van der Waals surface area contributed by atoms with E-state index in [4.69, 9.17) is 11.6 Å². The first-order valence-corrected chi connectivity index (χ1v) is 9.37. The summed E-state index contributed by atoms with van der Waals surface area (Å²) in [6, 6.07) is 11.3. The van der Waals surface area contributed by atoms with E-state index in [1.54, 1.807) is 50.2 Å². The third-order valence-corrected chi connectivity index (χ3v) is 6.04. The fourth-order valence-corrected chi connectivity index (χ4v) is 4.31. The van der Waals surface area contributed by atoms with E-state index in [0.717, 1.165) is 0 Å². The van der Waals surface area contributed by atoms with E-state index < -0.39 is 16.1 Å². The van der Waals surface area contributed by atoms with Crippen LogP contribution in [-0.4, -0.2) is 14.3 Å². The number of carbonyl (C=O) groups is 1. The monoisotopic (exact) mass is 364 g/mol. The van der Waals surface area contributed by atoms with E-state index >= 15 is 0 Å². The Morgan fingerprint density at radius 2 is 1.92 bits per heavy atom. The molecule has 2 N–H and O–H groups in total. The van der Waals surface area contributed by atoms with Crippen molar-refractivity contribution >= 4 is 33.2 Å². The molecule has 0 aliphatic carbocycles. The number of fused-ring (bicyclic) bond motifs is 1. The SMILES string of the molecule is C[C@H](NS(=O)(=O)c1ccc2c(c1)[C@@H](C)C(=O)N2)c1ccccc1Cl. The van der Waals surface area contributed by atoms with Crippen LogP contribution >= 0.6 is 11.6 Å². The number of sulfonamides is 1. The number of halogens is 1. The number of benzene rings is 2. The van der Waals surface area contributed by atoms with Gasteiger partial charge < -0.3 is 5.32 Å². The van der Waals surface area contributed by atoms with E-state index in [1.807, 2.05) is 0 Å². The topological polar surface area (TPSA) is 75.3 Å². The third-order valence-electron chi connectivity index (χ3n) is 4.15. The quantitative estimate of drug-likeness (QED) is 0.872. The fraction of sp³-hybridized carbons (Fsp3) is 0.235. The molecule has 0 spiro atoms. The Bertz CT molecular complexity index is 912. The van der Waals surface area contributed by atoms with Gasteiger partial charge in [0.25, 0.3) is 0 Å². The molecule has 1 aliphatic rings. The van der Waals surface area contributed by atoms with Gasteiger partial charge in [0.1, 0.15) is 0 Å². The summed E-state index contributed by atoms with van der Waals surface area (Å²) in [5.74, 6) is -0.493. The Labute approximate surface area is 146 Å². The molecule has 0 fully saturated rings. The van der Waals surface area contributed by atoms with Gasteiger partial charge in [-0.25, -0.2) is 13.1 Å². The Kier molecular flexibility index (Phi) is 4.38. The van der Waals surface area contributed by atoms with Crippen molar-refractivity contribution < 1.29 is 13.2 Å². The molecule has 24 heavy (non-hydrogen) atoms. The summed E-state index contributed by atoms with van der Waals surface area (Å²) in [4.78, 5) is 11.8. The summed E-state index contributed by atoms with van der Waals surface area (Å²) in [6.45, 7) is 3.48. The smallest absolute Gasteiger partial charge is 0.241 e. The van der Waals surface area contributed by atoms with Crippen LogP contribution in [0.3, 0.4) is 0 Å². The van der Waals surface area contributed by atoms with Crippen LogP contribution in [0.2, 0.25) is 5.02 Å². The van der Waals surface area contributed by atoms with Crippen LogP contribution < -0.4 is 10.0 Å². The molecule has 0 saturated carbocycles. The molecule has 0 saturated heterocycles. The number of amides is 1. The van der Waals surface area contributed by atoms with Gasteiger partial charge in [0.05, 0.1) is 10.8 Å². The zero-order valence-corrected chi connectivity index (χ0v) is 14.8. The molecule has 2 atom stereocenters. The maximum absolute atomic E-state index is 12.7. The van der Waals surface area contributed by atoms with Gasteiger partial charge >= 0.3 is 0 Å². The van der Waals surface area contributed by atoms with E-state index in [0.29, 0.717) is 21.8 Å². The van der Waals surface area contributed by atoms with Crippen LogP contribution in [0, 0.1) is 0 Å². The van der Waals surface area contributed by atoms with Crippen LogP contribution in [0.15, 0.2) is 47.4 Å². The number of anilines is 1. The number of hydrogen-bond acceptors (Lipinski definition) is 3. The molecule has 7 heteroatoms. The minimum absolute atomic E-state index is 0.128. The first kappa shape index (κ1) is 17.0. The predicted octanol–water partition coefficient (Wildman–Crippen LogP) is 3.44. The van der Waals surface area contributed by atoms with Crippen LogP contribution in [0.25, 0.3) is 0 Å². The number of carbonyl (C=O) groups excluding carboxylic acids is 1. The highest BCUT2D eigenvalue weighted by Crippen LogP contribution is 2.34. The third kappa shape index (κ3) is 3.05. The number of rotatable bonds is 4. The fourth-order valence-electron chi connectivity index (χ4n) is 2.75. The van der Waals surface area contributed by atoms with Gasteiger partial charge in [-0.3, -0.25) is 4.79 Å². The second kappa shape index (κ2) is 6.20. The summed E-state index contributed by atoms with van der Waals surface area (Å²) in [5.41, 5.74) is 2.05. The summed E-state index contributed by atoms with van der Waals surface area (Å²) < 4.78 is 27.9. The van der Waals surface area contributed by atoms with Gasteiger partial charge in [-0.1, -0.05) is 29.8 Å². The second-order valence-electron chi connectivity index (χ2n) is 5.82. The zero-order valence-electron chi connectivity index (χ0n) is 13.2. The summed E-state index contributed by atoms with van der Waals surface area (Å²) in [5, 5.41) is 3.23. The van der Waals surface area contributed by atoms with Crippen LogP contribution in [0.4, 0.5) is 5.69 Å². The molecule has 5 nitrogen and oxygen atoms in total. The van der Waals surface area contributed by atoms with Crippen LogP contribution in [0.1, 0.15) is 36.9 Å². The van der Waals surface area contributed by atoms with Gasteiger partial charge in [-0.05, 0) is 49.2 Å². The molecule has 0 aromatic heterocycles. The Balaban J connectivity index is 1.89. The van der Waals surface area contributed by atoms with Gasteiger partial charge in [-0.2, -0.15) is 0 Å². The molecular weight excluding hydrogens is 348 g/mol. The van der Waals surface area contributed by atoms with Crippen molar-refractivity contribution in [1.82, 2.24) is 4.72 Å². The van der Waals surface area contributed by atoms with Gasteiger partial charge in [0.15, 0.2) is 0 Å². The van der Waals surface area contributed by atoms with Crippen LogP contribution in [0.5, 0.6) is 0 Å². The average Bonchev–Trinajstić information content (AvgIpc) is 2.81. The summed E-state index contributed by atoms with van der Waals surface area (Å²) in [7, 11) is -3.73. The lowest BCUT2D eigenvalue weighted by molar-refractivity contribution is -0.116. The van der Waals surface area contributed by atoms with E-state index in [1.165, 1.54) is 6.07 Å². The maximum Gasteiger partial charge on any atom is 0.241 e. The molecule has 0 radical (unpaired) electrons. The minimum Gasteiger partial charge on any atom is -0.325 e. The lowest BCUT2D eigenvalue weighted by atomic mass is 10.0. The Hall–Kier alpha value is -1.89. The Morgan fingerprint density at radius 1 is 1.21 bits per heavy atom. The minimum atomic E-state index is -3.73. The summed E-state index contributed by atoms with van der Waals surface area (Å²) in [6.07, 6.45) is 0. The standard InChI is InChI=1S/C17H17ClN2O3S/c1-10-14-9-12(7-8-16(14)19-17(10)21)24(22,23)20-11(2)13-5-3-4-6-15(13)18/h3-11,20H,1-2H3,(H,19,21)/t10-,11+/m1/s1. The lowest BCUT2D eigenvalue weighted by Gasteiger charge is -2.16. The van der Waals surface area contributed by atoms with E-state index in [2.05, 4.69) is 10.0 Å². The number of hydrogen-bond donors (Lipinski definition) is 2. The van der Waals surface area contributed by atoms with Crippen molar-refractivity contribution in [2.75, 3.05) is 5.32 Å². The lowest BCUT2D eigenvalue weighted by Crippen LogP contribution is -2.27. The first-order valence-electron chi connectivity index (χ1n) is 7.51. The normalized spacial score (nSPS) is 18.1. The molecule has 3 rings (SSSR count). The van der Waals surface area contributed by atoms with Gasteiger partial charge in [0.2, 0.25) is 15.9 Å². The first-order chi connectivity index (χ1) is 11.3. The molecule has 1 amide bonds. The van der Waals surface area contributed by atoms with Crippen molar-refractivity contribution in [1.29, 1.82) is 0 Å². The van der Waals surface area contributed by atoms with Gasteiger partial charge in [-0.15, -0.1) is 0 Å². The Morgan fingerprint density at radius 3 is 2.62 bits per heavy atom. The second-order valence-corrected chi connectivity index (χ2v) is 7.95. The maximum atomic E-state index is 12.7. The van der Waals surface area contributed by atoms with Crippen molar-refractivity contribution in [3.63, 3.8) is 0 Å². The van der Waals surface area contributed by atoms with Crippen molar-refractivity contribution in [2.45, 2.75) is 30.7 Å². The molecule has 2 aromatic rings. The van der Waals surface area contributed by atoms with Crippen molar-refractivity contribution in [3.8, 4) is 0 Å².